The lowest BCUT2D eigenvalue weighted by Crippen LogP contribution is -2.52. The summed E-state index contributed by atoms with van der Waals surface area (Å²) < 4.78 is 1.78. The second-order valence-corrected chi connectivity index (χ2v) is 8.49. The Labute approximate surface area is 161 Å². The quantitative estimate of drug-likeness (QED) is 0.816. The Balaban J connectivity index is 1.64. The lowest BCUT2D eigenvalue weighted by molar-refractivity contribution is 0.0488. The zero-order valence-electron chi connectivity index (χ0n) is 17.2. The summed E-state index contributed by atoms with van der Waals surface area (Å²) in [6.45, 7) is 10.2. The highest BCUT2D eigenvalue weighted by molar-refractivity contribution is 6.06. The molecule has 2 aromatic rings. The minimum absolute atomic E-state index is 0.130. The van der Waals surface area contributed by atoms with Gasteiger partial charge in [-0.2, -0.15) is 5.10 Å². The highest BCUT2D eigenvalue weighted by atomic mass is 16.2. The molecule has 0 aliphatic carbocycles. The van der Waals surface area contributed by atoms with Crippen LogP contribution in [0.15, 0.2) is 6.07 Å². The van der Waals surface area contributed by atoms with Crippen molar-refractivity contribution in [2.75, 3.05) is 13.1 Å². The monoisotopic (exact) mass is 369 g/mol. The van der Waals surface area contributed by atoms with Crippen molar-refractivity contribution in [1.29, 1.82) is 0 Å². The summed E-state index contributed by atoms with van der Waals surface area (Å²) in [5.41, 5.74) is 3.29. The maximum atomic E-state index is 13.5. The summed E-state index contributed by atoms with van der Waals surface area (Å²) in [5.74, 6) is 0.130. The van der Waals surface area contributed by atoms with E-state index in [2.05, 4.69) is 33.7 Å². The van der Waals surface area contributed by atoms with Gasteiger partial charge in [-0.25, -0.2) is 4.98 Å². The van der Waals surface area contributed by atoms with Crippen LogP contribution in [0.25, 0.3) is 11.0 Å². The number of amides is 1. The molecule has 2 aromatic heterocycles. The third-order valence-corrected chi connectivity index (χ3v) is 6.45. The number of pyridine rings is 1. The van der Waals surface area contributed by atoms with E-state index in [1.165, 1.54) is 19.3 Å². The summed E-state index contributed by atoms with van der Waals surface area (Å²) in [7, 11) is 1.89. The fourth-order valence-electron chi connectivity index (χ4n) is 5.23. The van der Waals surface area contributed by atoms with Gasteiger partial charge >= 0.3 is 0 Å². The van der Waals surface area contributed by atoms with Crippen LogP contribution in [0.2, 0.25) is 0 Å². The van der Waals surface area contributed by atoms with Gasteiger partial charge in [0.25, 0.3) is 5.91 Å². The topological polar surface area (TPSA) is 54.3 Å². The number of aryl methyl sites for hydroxylation is 3. The Morgan fingerprint density at radius 3 is 2.56 bits per heavy atom. The van der Waals surface area contributed by atoms with E-state index in [1.54, 1.807) is 4.68 Å². The molecule has 2 fully saturated rings. The Morgan fingerprint density at radius 2 is 1.85 bits per heavy atom. The molecule has 0 bridgehead atoms. The minimum atomic E-state index is 0.130. The van der Waals surface area contributed by atoms with Crippen LogP contribution in [0.5, 0.6) is 0 Å². The predicted molar refractivity (Wildman–Crippen MR) is 107 cm³/mol. The normalized spacial score (nSPS) is 26.9. The highest BCUT2D eigenvalue weighted by Gasteiger charge is 2.36. The fourth-order valence-corrected chi connectivity index (χ4v) is 5.23. The van der Waals surface area contributed by atoms with Crippen molar-refractivity contribution in [2.45, 2.75) is 71.5 Å². The van der Waals surface area contributed by atoms with E-state index in [-0.39, 0.29) is 5.91 Å². The highest BCUT2D eigenvalue weighted by Crippen LogP contribution is 2.31. The molecule has 0 saturated carbocycles. The summed E-state index contributed by atoms with van der Waals surface area (Å²) >= 11 is 0. The molecule has 4 rings (SSSR count). The van der Waals surface area contributed by atoms with E-state index in [9.17, 15) is 4.79 Å². The zero-order valence-corrected chi connectivity index (χ0v) is 17.2. The molecule has 2 aliphatic heterocycles. The van der Waals surface area contributed by atoms with Gasteiger partial charge in [0, 0.05) is 44.0 Å². The van der Waals surface area contributed by atoms with E-state index in [0.29, 0.717) is 18.1 Å². The Morgan fingerprint density at radius 1 is 1.15 bits per heavy atom. The van der Waals surface area contributed by atoms with Crippen LogP contribution >= 0.6 is 0 Å². The average molecular weight is 370 g/mol. The van der Waals surface area contributed by atoms with Gasteiger partial charge in [-0.05, 0) is 59.4 Å². The molecule has 0 unspecified atom stereocenters. The van der Waals surface area contributed by atoms with Crippen molar-refractivity contribution < 1.29 is 4.79 Å². The van der Waals surface area contributed by atoms with Crippen molar-refractivity contribution in [1.82, 2.24) is 24.6 Å². The first-order chi connectivity index (χ1) is 12.9. The first-order valence-electron chi connectivity index (χ1n) is 10.2. The van der Waals surface area contributed by atoms with E-state index in [0.717, 1.165) is 47.5 Å². The largest absolute Gasteiger partial charge is 0.337 e. The lowest BCUT2D eigenvalue weighted by Gasteiger charge is -2.41. The summed E-state index contributed by atoms with van der Waals surface area (Å²) in [6.07, 6.45) is 4.80. The molecular weight excluding hydrogens is 338 g/mol. The maximum absolute atomic E-state index is 13.5. The van der Waals surface area contributed by atoms with Crippen LogP contribution < -0.4 is 0 Å². The summed E-state index contributed by atoms with van der Waals surface area (Å²) in [6, 6.07) is 3.65. The van der Waals surface area contributed by atoms with Gasteiger partial charge in [-0.15, -0.1) is 0 Å². The number of fused-ring (bicyclic) bond motifs is 1. The lowest BCUT2D eigenvalue weighted by atomic mass is 10.0. The molecule has 0 spiro atoms. The second-order valence-electron chi connectivity index (χ2n) is 8.49. The molecule has 146 valence electrons. The van der Waals surface area contributed by atoms with E-state index < -0.39 is 0 Å². The third kappa shape index (κ3) is 3.14. The standard InChI is InChI=1S/C21H31N5O/c1-13-11-18(19-16(4)23-24(5)20(19)22-13)21(27)25-10-6-7-17(12-25)26-14(2)8-9-15(26)3/h11,14-15,17H,6-10,12H2,1-5H3/t14-,15-,17+/m1/s1. The third-order valence-electron chi connectivity index (χ3n) is 6.45. The fraction of sp³-hybridized carbons (Fsp3) is 0.667. The molecule has 2 saturated heterocycles. The Hall–Kier alpha value is -1.95. The number of carbonyl (C=O) groups is 1. The first-order valence-corrected chi connectivity index (χ1v) is 10.2. The molecule has 0 N–H and O–H groups in total. The van der Waals surface area contributed by atoms with Gasteiger partial charge in [0.2, 0.25) is 0 Å². The van der Waals surface area contributed by atoms with Crippen LogP contribution in [-0.2, 0) is 7.05 Å². The number of aromatic nitrogens is 3. The van der Waals surface area contributed by atoms with Crippen LogP contribution in [0.3, 0.4) is 0 Å². The first kappa shape index (κ1) is 18.4. The molecular formula is C21H31N5O. The maximum Gasteiger partial charge on any atom is 0.254 e. The molecule has 0 aromatic carbocycles. The molecule has 4 heterocycles. The summed E-state index contributed by atoms with van der Waals surface area (Å²) in [4.78, 5) is 22.8. The number of hydrogen-bond acceptors (Lipinski definition) is 4. The van der Waals surface area contributed by atoms with E-state index in [4.69, 9.17) is 0 Å². The zero-order chi connectivity index (χ0) is 19.3. The van der Waals surface area contributed by atoms with E-state index in [1.807, 2.05) is 27.0 Å². The van der Waals surface area contributed by atoms with Gasteiger partial charge in [0.1, 0.15) is 0 Å². The number of carbonyl (C=O) groups excluding carboxylic acids is 1. The number of piperidine rings is 1. The molecule has 0 radical (unpaired) electrons. The van der Waals surface area contributed by atoms with Crippen molar-refractivity contribution in [3.63, 3.8) is 0 Å². The number of nitrogens with zero attached hydrogens (tertiary/aromatic N) is 5. The minimum Gasteiger partial charge on any atom is -0.337 e. The average Bonchev–Trinajstić information content (AvgIpc) is 3.12. The number of rotatable bonds is 2. The predicted octanol–water partition coefficient (Wildman–Crippen LogP) is 3.06. The van der Waals surface area contributed by atoms with Gasteiger partial charge in [0.05, 0.1) is 16.6 Å². The van der Waals surface area contributed by atoms with Crippen LogP contribution in [0.4, 0.5) is 0 Å². The Kier molecular flexibility index (Phi) is 4.70. The SMILES string of the molecule is Cc1cc(C(=O)N2CCC[C@H](N3[C@H](C)CC[C@H]3C)C2)c2c(C)nn(C)c2n1. The summed E-state index contributed by atoms with van der Waals surface area (Å²) in [5, 5.41) is 5.39. The van der Waals surface area contributed by atoms with Crippen molar-refractivity contribution in [3.05, 3.63) is 23.0 Å². The molecule has 27 heavy (non-hydrogen) atoms. The number of hydrogen-bond donors (Lipinski definition) is 0. The second kappa shape index (κ2) is 6.89. The van der Waals surface area contributed by atoms with Gasteiger partial charge in [0.15, 0.2) is 5.65 Å². The van der Waals surface area contributed by atoms with Crippen molar-refractivity contribution in [3.8, 4) is 0 Å². The van der Waals surface area contributed by atoms with Crippen LogP contribution in [0.1, 0.15) is 61.3 Å². The molecule has 6 heteroatoms. The van der Waals surface area contributed by atoms with Gasteiger partial charge in [-0.3, -0.25) is 14.4 Å². The smallest absolute Gasteiger partial charge is 0.254 e. The van der Waals surface area contributed by atoms with Crippen molar-refractivity contribution >= 4 is 16.9 Å². The number of likely N-dealkylation sites (tertiary alicyclic amines) is 2. The Bertz CT molecular complexity index is 863. The molecule has 3 atom stereocenters. The molecule has 2 aliphatic rings. The van der Waals surface area contributed by atoms with E-state index >= 15 is 0 Å². The van der Waals surface area contributed by atoms with Gasteiger partial charge < -0.3 is 4.90 Å². The van der Waals surface area contributed by atoms with Gasteiger partial charge in [-0.1, -0.05) is 0 Å². The molecule has 6 nitrogen and oxygen atoms in total. The van der Waals surface area contributed by atoms with Crippen LogP contribution in [0, 0.1) is 13.8 Å². The van der Waals surface area contributed by atoms with Crippen LogP contribution in [-0.4, -0.2) is 61.7 Å². The molecule has 1 amide bonds. The van der Waals surface area contributed by atoms with Crippen molar-refractivity contribution in [2.24, 2.45) is 7.05 Å².